The molecule has 0 aromatic heterocycles. The van der Waals surface area contributed by atoms with Gasteiger partial charge in [0.05, 0.1) is 6.10 Å². The van der Waals surface area contributed by atoms with Gasteiger partial charge in [0.1, 0.15) is 0 Å². The van der Waals surface area contributed by atoms with Crippen LogP contribution in [-0.4, -0.2) is 49.7 Å². The van der Waals surface area contributed by atoms with Crippen LogP contribution in [-0.2, 0) is 9.53 Å². The van der Waals surface area contributed by atoms with E-state index in [1.807, 2.05) is 4.90 Å². The van der Waals surface area contributed by atoms with Crippen LogP contribution in [0.15, 0.2) is 0 Å². The number of methoxy groups -OCH3 is 1. The molecule has 1 saturated heterocycles. The van der Waals surface area contributed by atoms with Gasteiger partial charge in [-0.25, -0.2) is 0 Å². The van der Waals surface area contributed by atoms with E-state index in [0.717, 1.165) is 32.5 Å². The summed E-state index contributed by atoms with van der Waals surface area (Å²) >= 11 is 0. The smallest absolute Gasteiger partial charge is 0.224 e. The van der Waals surface area contributed by atoms with Gasteiger partial charge in [0.25, 0.3) is 0 Å². The lowest BCUT2D eigenvalue weighted by atomic mass is 10.1. The van der Waals surface area contributed by atoms with Gasteiger partial charge < -0.3 is 15.0 Å². The Bertz CT molecular complexity index is 213. The van der Waals surface area contributed by atoms with Gasteiger partial charge in [0, 0.05) is 32.7 Å². The molecule has 1 amide bonds. The molecule has 0 aromatic carbocycles. The van der Waals surface area contributed by atoms with Gasteiger partial charge in [-0.3, -0.25) is 4.79 Å². The largest absolute Gasteiger partial charge is 0.381 e. The van der Waals surface area contributed by atoms with Crippen LogP contribution in [0.1, 0.15) is 33.1 Å². The summed E-state index contributed by atoms with van der Waals surface area (Å²) < 4.78 is 5.29. The third-order valence-corrected chi connectivity index (χ3v) is 3.16. The van der Waals surface area contributed by atoms with Crippen molar-refractivity contribution in [1.29, 1.82) is 0 Å². The van der Waals surface area contributed by atoms with Crippen LogP contribution in [0.2, 0.25) is 0 Å². The van der Waals surface area contributed by atoms with Crippen molar-refractivity contribution < 1.29 is 9.53 Å². The summed E-state index contributed by atoms with van der Waals surface area (Å²) in [6, 6.07) is 0.276. The SMILES string of the molecule is CCNC(C)CC(=O)N1CCC(OC)CC1. The van der Waals surface area contributed by atoms with Crippen molar-refractivity contribution in [3.05, 3.63) is 0 Å². The Morgan fingerprint density at radius 3 is 2.62 bits per heavy atom. The summed E-state index contributed by atoms with van der Waals surface area (Å²) in [5.41, 5.74) is 0. The molecule has 0 aliphatic carbocycles. The Labute approximate surface area is 98.3 Å². The molecule has 0 aromatic rings. The summed E-state index contributed by atoms with van der Waals surface area (Å²) in [6.07, 6.45) is 2.89. The molecule has 1 rings (SSSR count). The van der Waals surface area contributed by atoms with E-state index in [1.54, 1.807) is 7.11 Å². The first-order valence-electron chi connectivity index (χ1n) is 6.21. The number of amides is 1. The highest BCUT2D eigenvalue weighted by atomic mass is 16.5. The van der Waals surface area contributed by atoms with Crippen molar-refractivity contribution in [1.82, 2.24) is 10.2 Å². The number of hydrogen-bond acceptors (Lipinski definition) is 3. The van der Waals surface area contributed by atoms with E-state index in [4.69, 9.17) is 4.74 Å². The van der Waals surface area contributed by atoms with Gasteiger partial charge in [0.15, 0.2) is 0 Å². The molecule has 4 heteroatoms. The zero-order valence-electron chi connectivity index (χ0n) is 10.7. The molecule has 1 unspecified atom stereocenters. The molecule has 1 aliphatic heterocycles. The highest BCUT2D eigenvalue weighted by Crippen LogP contribution is 2.14. The van der Waals surface area contributed by atoms with Crippen molar-refractivity contribution in [3.63, 3.8) is 0 Å². The molecule has 94 valence electrons. The molecule has 0 spiro atoms. The lowest BCUT2D eigenvalue weighted by Gasteiger charge is -2.32. The van der Waals surface area contributed by atoms with Crippen LogP contribution in [0.5, 0.6) is 0 Å². The van der Waals surface area contributed by atoms with Gasteiger partial charge in [0.2, 0.25) is 5.91 Å². The standard InChI is InChI=1S/C12H24N2O2/c1-4-13-10(2)9-12(15)14-7-5-11(16-3)6-8-14/h10-11,13H,4-9H2,1-3H3. The molecule has 4 nitrogen and oxygen atoms in total. The van der Waals surface area contributed by atoms with Crippen molar-refractivity contribution in [2.75, 3.05) is 26.7 Å². The third-order valence-electron chi connectivity index (χ3n) is 3.16. The average Bonchev–Trinajstić information content (AvgIpc) is 2.29. The first kappa shape index (κ1) is 13.5. The number of likely N-dealkylation sites (tertiary alicyclic amines) is 1. The summed E-state index contributed by atoms with van der Waals surface area (Å²) in [5.74, 6) is 0.267. The zero-order chi connectivity index (χ0) is 12.0. The van der Waals surface area contributed by atoms with E-state index in [2.05, 4.69) is 19.2 Å². The lowest BCUT2D eigenvalue weighted by Crippen LogP contribution is -2.43. The fourth-order valence-corrected chi connectivity index (χ4v) is 2.15. The topological polar surface area (TPSA) is 41.6 Å². The van der Waals surface area contributed by atoms with Gasteiger partial charge in [-0.15, -0.1) is 0 Å². The molecule has 0 saturated carbocycles. The molecule has 1 heterocycles. The predicted octanol–water partition coefficient (Wildman–Crippen LogP) is 1.01. The molecule has 0 bridgehead atoms. The first-order chi connectivity index (χ1) is 7.67. The second-order valence-corrected chi connectivity index (χ2v) is 4.48. The van der Waals surface area contributed by atoms with Crippen LogP contribution in [0.3, 0.4) is 0 Å². The fourth-order valence-electron chi connectivity index (χ4n) is 2.15. The molecule has 16 heavy (non-hydrogen) atoms. The van der Waals surface area contributed by atoms with E-state index in [1.165, 1.54) is 0 Å². The Balaban J connectivity index is 2.27. The lowest BCUT2D eigenvalue weighted by molar-refractivity contribution is -0.133. The Kier molecular flexibility index (Phi) is 5.77. The summed E-state index contributed by atoms with van der Waals surface area (Å²) in [6.45, 7) is 6.72. The maximum absolute atomic E-state index is 11.9. The number of ether oxygens (including phenoxy) is 1. The molecule has 1 atom stereocenters. The third kappa shape index (κ3) is 4.10. The first-order valence-corrected chi connectivity index (χ1v) is 6.21. The Hall–Kier alpha value is -0.610. The summed E-state index contributed by atoms with van der Waals surface area (Å²) in [5, 5.41) is 3.26. The number of carbonyl (C=O) groups excluding carboxylic acids is 1. The van der Waals surface area contributed by atoms with E-state index in [9.17, 15) is 4.79 Å². The van der Waals surface area contributed by atoms with Crippen LogP contribution < -0.4 is 5.32 Å². The number of rotatable bonds is 5. The number of carbonyl (C=O) groups is 1. The van der Waals surface area contributed by atoms with Crippen LogP contribution in [0.25, 0.3) is 0 Å². The summed E-state index contributed by atoms with van der Waals surface area (Å²) in [7, 11) is 1.75. The number of nitrogens with zero attached hydrogens (tertiary/aromatic N) is 1. The molecule has 0 radical (unpaired) electrons. The van der Waals surface area contributed by atoms with E-state index in [-0.39, 0.29) is 11.9 Å². The Morgan fingerprint density at radius 1 is 1.50 bits per heavy atom. The highest BCUT2D eigenvalue weighted by molar-refractivity contribution is 5.76. The Morgan fingerprint density at radius 2 is 2.12 bits per heavy atom. The molecule has 1 aliphatic rings. The normalized spacial score (nSPS) is 19.8. The molecule has 1 fully saturated rings. The number of nitrogens with one attached hydrogen (secondary N) is 1. The van der Waals surface area contributed by atoms with E-state index < -0.39 is 0 Å². The molecular weight excluding hydrogens is 204 g/mol. The second kappa shape index (κ2) is 6.86. The number of piperidine rings is 1. The van der Waals surface area contributed by atoms with Crippen LogP contribution in [0, 0.1) is 0 Å². The fraction of sp³-hybridized carbons (Fsp3) is 0.917. The van der Waals surface area contributed by atoms with Crippen LogP contribution >= 0.6 is 0 Å². The minimum absolute atomic E-state index is 0.267. The summed E-state index contributed by atoms with van der Waals surface area (Å²) in [4.78, 5) is 13.9. The van der Waals surface area contributed by atoms with E-state index >= 15 is 0 Å². The molecule has 1 N–H and O–H groups in total. The highest BCUT2D eigenvalue weighted by Gasteiger charge is 2.23. The zero-order valence-corrected chi connectivity index (χ0v) is 10.7. The van der Waals surface area contributed by atoms with Crippen molar-refractivity contribution >= 4 is 5.91 Å². The second-order valence-electron chi connectivity index (χ2n) is 4.48. The van der Waals surface area contributed by atoms with Crippen molar-refractivity contribution in [2.45, 2.75) is 45.3 Å². The van der Waals surface area contributed by atoms with Gasteiger partial charge in [-0.05, 0) is 26.3 Å². The van der Waals surface area contributed by atoms with E-state index in [0.29, 0.717) is 12.5 Å². The maximum Gasteiger partial charge on any atom is 0.224 e. The van der Waals surface area contributed by atoms with Gasteiger partial charge in [-0.2, -0.15) is 0 Å². The maximum atomic E-state index is 11.9. The van der Waals surface area contributed by atoms with Crippen molar-refractivity contribution in [2.24, 2.45) is 0 Å². The van der Waals surface area contributed by atoms with Crippen LogP contribution in [0.4, 0.5) is 0 Å². The van der Waals surface area contributed by atoms with Gasteiger partial charge in [-0.1, -0.05) is 6.92 Å². The predicted molar refractivity (Wildman–Crippen MR) is 64.4 cm³/mol. The van der Waals surface area contributed by atoms with Crippen molar-refractivity contribution in [3.8, 4) is 0 Å². The quantitative estimate of drug-likeness (QED) is 0.763. The van der Waals surface area contributed by atoms with Gasteiger partial charge >= 0.3 is 0 Å². The minimum atomic E-state index is 0.267. The monoisotopic (exact) mass is 228 g/mol. The average molecular weight is 228 g/mol. The minimum Gasteiger partial charge on any atom is -0.381 e. The number of hydrogen-bond donors (Lipinski definition) is 1. The molecular formula is C12H24N2O2.